The Morgan fingerprint density at radius 2 is 1.88 bits per heavy atom. The average molecular weight is 455 g/mol. The molecule has 2 N–H and O–H groups in total. The van der Waals surface area contributed by atoms with Gasteiger partial charge in [0.05, 0.1) is 5.52 Å². The van der Waals surface area contributed by atoms with Gasteiger partial charge in [-0.25, -0.2) is 14.8 Å². The van der Waals surface area contributed by atoms with Crippen LogP contribution in [0.15, 0.2) is 67.3 Å². The third-order valence-corrected chi connectivity index (χ3v) is 5.84. The molecule has 0 aliphatic carbocycles. The molecule has 5 rings (SSSR count). The van der Waals surface area contributed by atoms with Gasteiger partial charge < -0.3 is 10.3 Å². The number of fused-ring (bicyclic) bond motifs is 2. The van der Waals surface area contributed by atoms with Crippen LogP contribution in [-0.2, 0) is 0 Å². The molecular formula is C26H22FN5O2. The number of aromatic amines is 1. The van der Waals surface area contributed by atoms with E-state index in [-0.39, 0.29) is 11.8 Å². The number of benzene rings is 1. The minimum absolute atomic E-state index is 0.183. The predicted molar refractivity (Wildman–Crippen MR) is 128 cm³/mol. The molecule has 34 heavy (non-hydrogen) atoms. The summed E-state index contributed by atoms with van der Waals surface area (Å²) in [6.45, 7) is 2.66. The summed E-state index contributed by atoms with van der Waals surface area (Å²) in [5.74, 6) is -0.744. The molecule has 0 bridgehead atoms. The molecule has 0 fully saturated rings. The lowest BCUT2D eigenvalue weighted by Crippen LogP contribution is -2.28. The highest BCUT2D eigenvalue weighted by Crippen LogP contribution is 2.28. The highest BCUT2D eigenvalue weighted by Gasteiger charge is 2.20. The van der Waals surface area contributed by atoms with E-state index in [1.807, 2.05) is 12.1 Å². The van der Waals surface area contributed by atoms with Crippen molar-refractivity contribution in [3.63, 3.8) is 0 Å². The number of ketones is 1. The Kier molecular flexibility index (Phi) is 5.63. The minimum Gasteiger partial charge on any atom is -0.345 e. The molecular weight excluding hydrogens is 433 g/mol. The zero-order valence-corrected chi connectivity index (χ0v) is 18.5. The predicted octanol–water partition coefficient (Wildman–Crippen LogP) is 5.31. The molecule has 7 nitrogen and oxygen atoms in total. The number of nitrogens with zero attached hydrogens (tertiary/aromatic N) is 3. The molecule has 0 unspecified atom stereocenters. The van der Waals surface area contributed by atoms with Crippen molar-refractivity contribution in [3.8, 4) is 11.1 Å². The number of carbonyl (C=O) groups excluding carboxylic acids is 2. The van der Waals surface area contributed by atoms with E-state index in [0.717, 1.165) is 18.4 Å². The number of hydrogen-bond acceptors (Lipinski definition) is 4. The number of nitrogens with one attached hydrogen (secondary N) is 2. The molecule has 0 spiro atoms. The Bertz CT molecular complexity index is 1520. The maximum absolute atomic E-state index is 13.6. The SMILES string of the molecule is CCCCNC(=O)n1ccc2c(C(=O)c3c[nH]c4ncc(-c5ccc(F)nc5)cc34)cccc21. The quantitative estimate of drug-likeness (QED) is 0.206. The second-order valence-corrected chi connectivity index (χ2v) is 8.03. The number of H-pyrrole nitrogens is 1. The van der Waals surface area contributed by atoms with Crippen molar-refractivity contribution in [3.05, 3.63) is 84.3 Å². The Labute approximate surface area is 194 Å². The molecule has 0 atom stereocenters. The van der Waals surface area contributed by atoms with E-state index in [1.54, 1.807) is 42.9 Å². The Hall–Kier alpha value is -4.33. The van der Waals surface area contributed by atoms with E-state index < -0.39 is 5.95 Å². The van der Waals surface area contributed by atoms with E-state index in [1.165, 1.54) is 16.8 Å². The van der Waals surface area contributed by atoms with Crippen molar-refractivity contribution in [2.75, 3.05) is 6.54 Å². The third kappa shape index (κ3) is 3.83. The maximum Gasteiger partial charge on any atom is 0.326 e. The summed E-state index contributed by atoms with van der Waals surface area (Å²) in [5.41, 5.74) is 3.61. The van der Waals surface area contributed by atoms with Crippen molar-refractivity contribution in [1.82, 2.24) is 24.8 Å². The smallest absolute Gasteiger partial charge is 0.326 e. The molecule has 5 aromatic rings. The van der Waals surface area contributed by atoms with Crippen LogP contribution in [0.2, 0.25) is 0 Å². The molecule has 1 amide bonds. The number of hydrogen-bond donors (Lipinski definition) is 2. The van der Waals surface area contributed by atoms with Crippen LogP contribution in [0, 0.1) is 5.95 Å². The van der Waals surface area contributed by atoms with Gasteiger partial charge in [0.15, 0.2) is 5.78 Å². The molecule has 8 heteroatoms. The van der Waals surface area contributed by atoms with E-state index in [0.29, 0.717) is 45.2 Å². The van der Waals surface area contributed by atoms with Crippen molar-refractivity contribution < 1.29 is 14.0 Å². The Balaban J connectivity index is 1.52. The van der Waals surface area contributed by atoms with Gasteiger partial charge in [0.25, 0.3) is 0 Å². The fourth-order valence-corrected chi connectivity index (χ4v) is 4.04. The lowest BCUT2D eigenvalue weighted by molar-refractivity contribution is 0.104. The second kappa shape index (κ2) is 8.90. The van der Waals surface area contributed by atoms with Gasteiger partial charge in [0.2, 0.25) is 5.95 Å². The first-order chi connectivity index (χ1) is 16.6. The summed E-state index contributed by atoms with van der Waals surface area (Å²) in [5, 5.41) is 4.25. The molecule has 0 aliphatic heterocycles. The van der Waals surface area contributed by atoms with Gasteiger partial charge in [-0.1, -0.05) is 25.5 Å². The summed E-state index contributed by atoms with van der Waals surface area (Å²) >= 11 is 0. The van der Waals surface area contributed by atoms with Crippen LogP contribution in [-0.4, -0.2) is 37.9 Å². The molecule has 0 aliphatic rings. The molecule has 170 valence electrons. The molecule has 0 saturated heterocycles. The van der Waals surface area contributed by atoms with Crippen LogP contribution >= 0.6 is 0 Å². The molecule has 0 radical (unpaired) electrons. The van der Waals surface area contributed by atoms with Crippen LogP contribution in [0.4, 0.5) is 9.18 Å². The van der Waals surface area contributed by atoms with Gasteiger partial charge in [-0.15, -0.1) is 0 Å². The fourth-order valence-electron chi connectivity index (χ4n) is 4.04. The lowest BCUT2D eigenvalue weighted by Gasteiger charge is -2.08. The van der Waals surface area contributed by atoms with Crippen LogP contribution in [0.5, 0.6) is 0 Å². The maximum atomic E-state index is 13.6. The first-order valence-electron chi connectivity index (χ1n) is 11.1. The summed E-state index contributed by atoms with van der Waals surface area (Å²) in [7, 11) is 0. The zero-order valence-electron chi connectivity index (χ0n) is 18.5. The average Bonchev–Trinajstić information content (AvgIpc) is 3.48. The monoisotopic (exact) mass is 455 g/mol. The van der Waals surface area contributed by atoms with Crippen LogP contribution in [0.25, 0.3) is 33.1 Å². The van der Waals surface area contributed by atoms with Crippen molar-refractivity contribution in [2.45, 2.75) is 19.8 Å². The number of halogens is 1. The molecule has 4 aromatic heterocycles. The first-order valence-corrected chi connectivity index (χ1v) is 11.1. The third-order valence-electron chi connectivity index (χ3n) is 5.84. The Morgan fingerprint density at radius 3 is 2.68 bits per heavy atom. The van der Waals surface area contributed by atoms with Gasteiger partial charge in [0, 0.05) is 64.4 Å². The number of amides is 1. The minimum atomic E-state index is -0.561. The highest BCUT2D eigenvalue weighted by molar-refractivity contribution is 6.21. The summed E-state index contributed by atoms with van der Waals surface area (Å²) in [4.78, 5) is 37.4. The van der Waals surface area contributed by atoms with E-state index in [4.69, 9.17) is 0 Å². The fraction of sp³-hybridized carbons (Fsp3) is 0.154. The summed E-state index contributed by atoms with van der Waals surface area (Å²) in [6.07, 6.45) is 8.30. The molecule has 4 heterocycles. The summed E-state index contributed by atoms with van der Waals surface area (Å²) in [6, 6.07) is 11.7. The number of carbonyl (C=O) groups is 2. The highest BCUT2D eigenvalue weighted by atomic mass is 19.1. The zero-order chi connectivity index (χ0) is 23.7. The Morgan fingerprint density at radius 1 is 1.03 bits per heavy atom. The van der Waals surface area contributed by atoms with Crippen LogP contribution in [0.3, 0.4) is 0 Å². The molecule has 0 saturated carbocycles. The number of unbranched alkanes of at least 4 members (excludes halogenated alkanes) is 1. The number of aromatic nitrogens is 4. The van der Waals surface area contributed by atoms with Gasteiger partial charge in [0.1, 0.15) is 5.65 Å². The largest absolute Gasteiger partial charge is 0.345 e. The van der Waals surface area contributed by atoms with E-state index in [2.05, 4.69) is 27.2 Å². The van der Waals surface area contributed by atoms with Crippen molar-refractivity contribution in [2.24, 2.45) is 0 Å². The van der Waals surface area contributed by atoms with Gasteiger partial charge in [-0.3, -0.25) is 9.36 Å². The van der Waals surface area contributed by atoms with Crippen LogP contribution < -0.4 is 5.32 Å². The standard InChI is InChI=1S/C26H22FN5O2/c1-2-3-10-28-26(34)32-11-9-18-19(5-4-6-22(18)32)24(33)21-15-31-25-20(21)12-17(14-30-25)16-7-8-23(27)29-13-16/h4-9,11-15H,2-3,10H2,1H3,(H,28,34)(H,30,31). The normalized spacial score (nSPS) is 11.2. The topological polar surface area (TPSA) is 92.7 Å². The first kappa shape index (κ1) is 21.5. The van der Waals surface area contributed by atoms with Gasteiger partial charge in [-0.05, 0) is 36.8 Å². The van der Waals surface area contributed by atoms with E-state index in [9.17, 15) is 14.0 Å². The number of pyridine rings is 2. The van der Waals surface area contributed by atoms with Crippen molar-refractivity contribution >= 4 is 33.8 Å². The van der Waals surface area contributed by atoms with Gasteiger partial charge >= 0.3 is 6.03 Å². The van der Waals surface area contributed by atoms with Crippen LogP contribution in [0.1, 0.15) is 35.7 Å². The lowest BCUT2D eigenvalue weighted by atomic mass is 9.99. The second-order valence-electron chi connectivity index (χ2n) is 8.03. The van der Waals surface area contributed by atoms with Gasteiger partial charge in [-0.2, -0.15) is 4.39 Å². The number of rotatable bonds is 6. The van der Waals surface area contributed by atoms with E-state index >= 15 is 0 Å². The molecule has 1 aromatic carbocycles. The summed E-state index contributed by atoms with van der Waals surface area (Å²) < 4.78 is 14.7. The van der Waals surface area contributed by atoms with Crippen molar-refractivity contribution in [1.29, 1.82) is 0 Å².